The summed E-state index contributed by atoms with van der Waals surface area (Å²) in [6.45, 7) is 10.4. The highest BCUT2D eigenvalue weighted by molar-refractivity contribution is 7.99. The van der Waals surface area contributed by atoms with E-state index in [0.717, 1.165) is 69.2 Å². The average Bonchev–Trinajstić information content (AvgIpc) is 2.83. The van der Waals surface area contributed by atoms with E-state index in [1.54, 1.807) is 25.6 Å². The van der Waals surface area contributed by atoms with Crippen LogP contribution in [-0.4, -0.2) is 104 Å². The van der Waals surface area contributed by atoms with Crippen LogP contribution in [0.4, 0.5) is 0 Å². The molecule has 0 radical (unpaired) electrons. The molecule has 0 aromatic carbocycles. The minimum Gasteiger partial charge on any atom is -0.396 e. The Labute approximate surface area is 214 Å². The SMILES string of the molecule is C/C(CSCCNC(=O)CCNC(=O)[C@@H](O)C(C)(C)CO)=N\OCCNCCCCNCCCN. The highest BCUT2D eigenvalue weighted by Gasteiger charge is 2.32. The van der Waals surface area contributed by atoms with Crippen molar-refractivity contribution in [3.8, 4) is 0 Å². The highest BCUT2D eigenvalue weighted by atomic mass is 32.2. The van der Waals surface area contributed by atoms with Crippen LogP contribution in [0.1, 0.15) is 46.5 Å². The topological polar surface area (TPSA) is 170 Å². The molecule has 0 aliphatic heterocycles. The van der Waals surface area contributed by atoms with Crippen LogP contribution < -0.4 is 27.0 Å². The second-order valence-corrected chi connectivity index (χ2v) is 10.1. The zero-order chi connectivity index (χ0) is 26.4. The van der Waals surface area contributed by atoms with Gasteiger partial charge in [-0.1, -0.05) is 19.0 Å². The molecular weight excluding hydrogens is 472 g/mol. The maximum atomic E-state index is 11.9. The van der Waals surface area contributed by atoms with Crippen molar-refractivity contribution in [3.05, 3.63) is 0 Å². The van der Waals surface area contributed by atoms with E-state index >= 15 is 0 Å². The van der Waals surface area contributed by atoms with Gasteiger partial charge in [0, 0.05) is 43.0 Å². The van der Waals surface area contributed by atoms with E-state index in [4.69, 9.17) is 10.6 Å². The lowest BCUT2D eigenvalue weighted by Crippen LogP contribution is -2.46. The number of hydrogen-bond acceptors (Lipinski definition) is 10. The lowest BCUT2D eigenvalue weighted by Gasteiger charge is -2.27. The van der Waals surface area contributed by atoms with Crippen LogP contribution in [0, 0.1) is 5.41 Å². The van der Waals surface area contributed by atoms with Crippen molar-refractivity contribution in [2.75, 3.05) is 70.5 Å². The Morgan fingerprint density at radius 1 is 1.03 bits per heavy atom. The van der Waals surface area contributed by atoms with E-state index in [1.807, 2.05) is 6.92 Å². The number of hydrogen-bond donors (Lipinski definition) is 7. The number of carbonyl (C=O) groups is 2. The predicted molar refractivity (Wildman–Crippen MR) is 143 cm³/mol. The summed E-state index contributed by atoms with van der Waals surface area (Å²) in [5.41, 5.74) is 5.40. The number of aliphatic hydroxyl groups is 2. The number of rotatable bonds is 23. The molecule has 0 heterocycles. The molecule has 0 aliphatic rings. The van der Waals surface area contributed by atoms with Crippen molar-refractivity contribution in [3.63, 3.8) is 0 Å². The van der Waals surface area contributed by atoms with Gasteiger partial charge in [-0.25, -0.2) is 0 Å². The van der Waals surface area contributed by atoms with Gasteiger partial charge in [0.25, 0.3) is 0 Å². The number of amides is 2. The van der Waals surface area contributed by atoms with Crippen LogP contribution in [0.3, 0.4) is 0 Å². The fourth-order valence-electron chi connectivity index (χ4n) is 2.69. The van der Waals surface area contributed by atoms with Gasteiger partial charge in [-0.3, -0.25) is 9.59 Å². The zero-order valence-corrected chi connectivity index (χ0v) is 22.6. The Balaban J connectivity index is 3.60. The van der Waals surface area contributed by atoms with Gasteiger partial charge in [0.2, 0.25) is 11.8 Å². The first-order valence-electron chi connectivity index (χ1n) is 12.4. The largest absolute Gasteiger partial charge is 0.396 e. The third-order valence-electron chi connectivity index (χ3n) is 5.03. The summed E-state index contributed by atoms with van der Waals surface area (Å²) in [7, 11) is 0. The maximum absolute atomic E-state index is 11.9. The van der Waals surface area contributed by atoms with Gasteiger partial charge in [-0.15, -0.1) is 0 Å². The lowest BCUT2D eigenvalue weighted by atomic mass is 9.87. The van der Waals surface area contributed by atoms with Crippen LogP contribution in [0.25, 0.3) is 0 Å². The normalized spacial score (nSPS) is 12.9. The van der Waals surface area contributed by atoms with E-state index in [0.29, 0.717) is 13.2 Å². The predicted octanol–water partition coefficient (Wildman–Crippen LogP) is -0.578. The van der Waals surface area contributed by atoms with Gasteiger partial charge in [-0.2, -0.15) is 11.8 Å². The Bertz CT molecular complexity index is 595. The van der Waals surface area contributed by atoms with Gasteiger partial charge >= 0.3 is 0 Å². The van der Waals surface area contributed by atoms with Crippen LogP contribution in [0.5, 0.6) is 0 Å². The molecule has 12 heteroatoms. The van der Waals surface area contributed by atoms with Gasteiger partial charge in [0.15, 0.2) is 0 Å². The van der Waals surface area contributed by atoms with Gasteiger partial charge in [0.05, 0.1) is 12.3 Å². The third-order valence-corrected chi connectivity index (χ3v) is 6.15. The van der Waals surface area contributed by atoms with E-state index in [2.05, 4.69) is 26.4 Å². The number of nitrogens with zero attached hydrogens (tertiary/aromatic N) is 1. The average molecular weight is 521 g/mol. The van der Waals surface area contributed by atoms with E-state index in [-0.39, 0.29) is 25.5 Å². The van der Waals surface area contributed by atoms with Crippen LogP contribution in [0.2, 0.25) is 0 Å². The molecule has 0 spiro atoms. The molecule has 0 aromatic heterocycles. The summed E-state index contributed by atoms with van der Waals surface area (Å²) in [6.07, 6.45) is 2.06. The third kappa shape index (κ3) is 19.4. The molecule has 0 fully saturated rings. The first-order chi connectivity index (χ1) is 16.7. The van der Waals surface area contributed by atoms with Crippen molar-refractivity contribution in [2.24, 2.45) is 16.3 Å². The molecule has 8 N–H and O–H groups in total. The van der Waals surface area contributed by atoms with Gasteiger partial charge in [-0.05, 0) is 52.4 Å². The molecule has 1 atom stereocenters. The second kappa shape index (κ2) is 21.8. The monoisotopic (exact) mass is 520 g/mol. The lowest BCUT2D eigenvalue weighted by molar-refractivity contribution is -0.137. The minimum atomic E-state index is -1.33. The molecule has 0 saturated heterocycles. The number of thioether (sulfide) groups is 1. The fourth-order valence-corrected chi connectivity index (χ4v) is 3.42. The second-order valence-electron chi connectivity index (χ2n) is 9.00. The van der Waals surface area contributed by atoms with Crippen molar-refractivity contribution in [1.82, 2.24) is 21.3 Å². The number of nitrogens with one attached hydrogen (secondary N) is 4. The quantitative estimate of drug-likeness (QED) is 0.0529. The Kier molecular flexibility index (Phi) is 20.9. The number of carbonyl (C=O) groups excluding carboxylic acids is 2. The first kappa shape index (κ1) is 33.6. The van der Waals surface area contributed by atoms with E-state index < -0.39 is 17.4 Å². The molecule has 35 heavy (non-hydrogen) atoms. The van der Waals surface area contributed by atoms with Gasteiger partial charge in [0.1, 0.15) is 12.7 Å². The Morgan fingerprint density at radius 2 is 1.69 bits per heavy atom. The van der Waals surface area contributed by atoms with Crippen molar-refractivity contribution in [1.29, 1.82) is 0 Å². The van der Waals surface area contributed by atoms with Gasteiger partial charge < -0.3 is 42.1 Å². The van der Waals surface area contributed by atoms with Crippen LogP contribution in [0.15, 0.2) is 5.16 Å². The smallest absolute Gasteiger partial charge is 0.249 e. The fraction of sp³-hybridized carbons (Fsp3) is 0.870. The van der Waals surface area contributed by atoms with Crippen molar-refractivity contribution >= 4 is 29.3 Å². The maximum Gasteiger partial charge on any atom is 0.249 e. The summed E-state index contributed by atoms with van der Waals surface area (Å²) < 4.78 is 0. The Morgan fingerprint density at radius 3 is 2.34 bits per heavy atom. The zero-order valence-electron chi connectivity index (χ0n) is 21.7. The van der Waals surface area contributed by atoms with Crippen LogP contribution in [-0.2, 0) is 14.4 Å². The summed E-state index contributed by atoms with van der Waals surface area (Å²) in [5, 5.41) is 35.2. The molecule has 0 rings (SSSR count). The standard InChI is InChI=1S/C23H48N6O5S/c1-19(29-34-15-13-26-10-5-4-9-25-11-6-8-24)17-35-16-14-27-20(31)7-12-28-22(33)21(32)23(2,3)18-30/h21,25-26,30,32H,4-18,24H2,1-3H3,(H,27,31)(H,28,33)/b29-19+/t21-/m1/s1. The van der Waals surface area contributed by atoms with E-state index in [9.17, 15) is 19.8 Å². The van der Waals surface area contributed by atoms with Crippen molar-refractivity contribution in [2.45, 2.75) is 52.6 Å². The number of unbranched alkanes of at least 4 members (excludes halogenated alkanes) is 1. The molecule has 0 bridgehead atoms. The molecule has 206 valence electrons. The molecule has 0 aliphatic carbocycles. The number of aliphatic hydroxyl groups excluding tert-OH is 2. The number of nitrogens with two attached hydrogens (primary N) is 1. The number of oxime groups is 1. The molecule has 11 nitrogen and oxygen atoms in total. The molecule has 0 unspecified atom stereocenters. The van der Waals surface area contributed by atoms with Crippen molar-refractivity contribution < 1.29 is 24.6 Å². The highest BCUT2D eigenvalue weighted by Crippen LogP contribution is 2.19. The molecule has 0 saturated carbocycles. The first-order valence-corrected chi connectivity index (χ1v) is 13.6. The van der Waals surface area contributed by atoms with Crippen LogP contribution >= 0.6 is 11.8 Å². The summed E-state index contributed by atoms with van der Waals surface area (Å²) in [6, 6.07) is 0. The molecule has 2 amide bonds. The van der Waals surface area contributed by atoms with E-state index in [1.165, 1.54) is 0 Å². The summed E-state index contributed by atoms with van der Waals surface area (Å²) >= 11 is 1.65. The molecule has 0 aromatic rings. The Hall–Kier alpha value is -1.44. The minimum absolute atomic E-state index is 0.122. The summed E-state index contributed by atoms with van der Waals surface area (Å²) in [4.78, 5) is 29.0. The summed E-state index contributed by atoms with van der Waals surface area (Å²) in [5.74, 6) is 0.680. The molecular formula is C23H48N6O5S.